The zero-order valence-corrected chi connectivity index (χ0v) is 12.3. The first-order chi connectivity index (χ1) is 9.76. The van der Waals surface area contributed by atoms with E-state index < -0.39 is 0 Å². The van der Waals surface area contributed by atoms with E-state index >= 15 is 0 Å². The van der Waals surface area contributed by atoms with Crippen molar-refractivity contribution in [1.29, 1.82) is 0 Å². The lowest BCUT2D eigenvalue weighted by Gasteiger charge is -2.38. The number of nitrogens with one attached hydrogen (secondary N) is 1. The summed E-state index contributed by atoms with van der Waals surface area (Å²) in [4.78, 5) is 13.6. The molecule has 2 aliphatic rings. The van der Waals surface area contributed by atoms with Gasteiger partial charge in [0.25, 0.3) is 0 Å². The lowest BCUT2D eigenvalue weighted by molar-refractivity contribution is 0.196. The van der Waals surface area contributed by atoms with Crippen molar-refractivity contribution in [3.63, 3.8) is 0 Å². The Balaban J connectivity index is 1.64. The molecule has 0 aromatic carbocycles. The Morgan fingerprint density at radius 2 is 2.05 bits per heavy atom. The van der Waals surface area contributed by atoms with E-state index in [1.54, 1.807) is 7.11 Å². The smallest absolute Gasteiger partial charge is 0.318 e. The Hall–Kier alpha value is -1.40. The van der Waals surface area contributed by atoms with Gasteiger partial charge in [0.1, 0.15) is 5.82 Å². The molecule has 1 atom stereocenters. The minimum absolute atomic E-state index is 0.461. The van der Waals surface area contributed by atoms with Crippen LogP contribution in [-0.4, -0.2) is 67.3 Å². The average molecular weight is 277 g/mol. The maximum absolute atomic E-state index is 5.16. The van der Waals surface area contributed by atoms with Gasteiger partial charge in [-0.2, -0.15) is 4.98 Å². The molecular weight excluding hydrogens is 254 g/mol. The molecule has 3 rings (SSSR count). The second-order valence-electron chi connectivity index (χ2n) is 5.52. The van der Waals surface area contributed by atoms with Crippen LogP contribution in [0.4, 0.5) is 5.82 Å². The summed E-state index contributed by atoms with van der Waals surface area (Å²) in [5.74, 6) is 0.985. The molecule has 0 radical (unpaired) electrons. The van der Waals surface area contributed by atoms with Gasteiger partial charge in [0.15, 0.2) is 0 Å². The van der Waals surface area contributed by atoms with Crippen molar-refractivity contribution in [2.45, 2.75) is 19.4 Å². The largest absolute Gasteiger partial charge is 0.467 e. The minimum atomic E-state index is 0.461. The predicted octanol–water partition coefficient (Wildman–Crippen LogP) is 0.278. The summed E-state index contributed by atoms with van der Waals surface area (Å²) in [5.41, 5.74) is 0.953. The fourth-order valence-electron chi connectivity index (χ4n) is 3.05. The quantitative estimate of drug-likeness (QED) is 0.856. The molecule has 1 aromatic rings. The van der Waals surface area contributed by atoms with Crippen molar-refractivity contribution in [2.75, 3.05) is 51.3 Å². The Morgan fingerprint density at radius 3 is 2.70 bits per heavy atom. The van der Waals surface area contributed by atoms with Crippen LogP contribution in [0.1, 0.15) is 12.1 Å². The van der Waals surface area contributed by atoms with Crippen LogP contribution >= 0.6 is 0 Å². The van der Waals surface area contributed by atoms with Gasteiger partial charge in [-0.15, -0.1) is 0 Å². The highest BCUT2D eigenvalue weighted by Crippen LogP contribution is 2.19. The molecular formula is C14H23N5O. The topological polar surface area (TPSA) is 53.5 Å². The molecule has 0 saturated carbocycles. The van der Waals surface area contributed by atoms with E-state index in [1.165, 1.54) is 6.42 Å². The first-order valence-electron chi connectivity index (χ1n) is 7.35. The van der Waals surface area contributed by atoms with E-state index in [0.717, 1.165) is 56.8 Å². The van der Waals surface area contributed by atoms with Gasteiger partial charge in [-0.3, -0.25) is 4.90 Å². The molecule has 2 aliphatic heterocycles. The van der Waals surface area contributed by atoms with Crippen LogP contribution in [0, 0.1) is 6.92 Å². The highest BCUT2D eigenvalue weighted by Gasteiger charge is 2.26. The van der Waals surface area contributed by atoms with E-state index in [-0.39, 0.29) is 0 Å². The summed E-state index contributed by atoms with van der Waals surface area (Å²) in [6.45, 7) is 8.55. The first-order valence-corrected chi connectivity index (χ1v) is 7.35. The van der Waals surface area contributed by atoms with Gasteiger partial charge in [-0.1, -0.05) is 0 Å². The number of ether oxygens (including phenoxy) is 1. The van der Waals surface area contributed by atoms with Crippen molar-refractivity contribution in [3.05, 3.63) is 11.8 Å². The van der Waals surface area contributed by atoms with Crippen LogP contribution < -0.4 is 15.0 Å². The van der Waals surface area contributed by atoms with Gasteiger partial charge >= 0.3 is 6.01 Å². The third kappa shape index (κ3) is 2.86. The molecule has 6 heteroatoms. The van der Waals surface area contributed by atoms with Crippen molar-refractivity contribution < 1.29 is 4.74 Å². The van der Waals surface area contributed by atoms with Crippen LogP contribution in [0.3, 0.4) is 0 Å². The van der Waals surface area contributed by atoms with Gasteiger partial charge in [0, 0.05) is 50.5 Å². The first kappa shape index (κ1) is 13.6. The van der Waals surface area contributed by atoms with Crippen LogP contribution in [0.5, 0.6) is 6.01 Å². The second kappa shape index (κ2) is 5.93. The molecule has 1 N–H and O–H groups in total. The minimum Gasteiger partial charge on any atom is -0.467 e. The number of piperazine rings is 1. The van der Waals surface area contributed by atoms with Crippen LogP contribution in [0.2, 0.25) is 0 Å². The fraction of sp³-hybridized carbons (Fsp3) is 0.714. The van der Waals surface area contributed by atoms with E-state index in [9.17, 15) is 0 Å². The normalized spacial score (nSPS) is 24.1. The number of hydrogen-bond donors (Lipinski definition) is 1. The SMILES string of the molecule is COc1nc(C)cc(N2CCN(C3CCNC3)CC2)n1. The molecule has 6 nitrogen and oxygen atoms in total. The van der Waals surface area contributed by atoms with E-state index in [4.69, 9.17) is 4.74 Å². The molecule has 1 unspecified atom stereocenters. The van der Waals surface area contributed by atoms with E-state index in [2.05, 4.69) is 25.1 Å². The monoisotopic (exact) mass is 277 g/mol. The molecule has 0 amide bonds. The number of rotatable bonds is 3. The van der Waals surface area contributed by atoms with Crippen molar-refractivity contribution in [1.82, 2.24) is 20.2 Å². The summed E-state index contributed by atoms with van der Waals surface area (Å²) in [6.07, 6.45) is 1.28. The molecule has 0 spiro atoms. The molecule has 110 valence electrons. The summed E-state index contributed by atoms with van der Waals surface area (Å²) >= 11 is 0. The zero-order valence-electron chi connectivity index (χ0n) is 12.3. The summed E-state index contributed by atoms with van der Waals surface area (Å²) in [7, 11) is 1.61. The fourth-order valence-corrected chi connectivity index (χ4v) is 3.05. The molecule has 2 saturated heterocycles. The second-order valence-corrected chi connectivity index (χ2v) is 5.52. The van der Waals surface area contributed by atoms with Gasteiger partial charge in [-0.05, 0) is 19.9 Å². The van der Waals surface area contributed by atoms with E-state index in [1.807, 2.05) is 13.0 Å². The third-order valence-electron chi connectivity index (χ3n) is 4.19. The number of methoxy groups -OCH3 is 1. The van der Waals surface area contributed by atoms with Gasteiger partial charge in [0.2, 0.25) is 0 Å². The third-order valence-corrected chi connectivity index (χ3v) is 4.19. The lowest BCUT2D eigenvalue weighted by atomic mass is 10.2. The Kier molecular flexibility index (Phi) is 4.03. The predicted molar refractivity (Wildman–Crippen MR) is 78.4 cm³/mol. The zero-order chi connectivity index (χ0) is 13.9. The van der Waals surface area contributed by atoms with Gasteiger partial charge < -0.3 is 15.0 Å². The summed E-state index contributed by atoms with van der Waals surface area (Å²) in [5, 5.41) is 3.44. The highest BCUT2D eigenvalue weighted by molar-refractivity contribution is 5.41. The number of aryl methyl sites for hydroxylation is 1. The Morgan fingerprint density at radius 1 is 1.25 bits per heavy atom. The molecule has 1 aromatic heterocycles. The van der Waals surface area contributed by atoms with Gasteiger partial charge in [-0.25, -0.2) is 4.98 Å². The number of nitrogens with zero attached hydrogens (tertiary/aromatic N) is 4. The van der Waals surface area contributed by atoms with Crippen molar-refractivity contribution in [3.8, 4) is 6.01 Å². The molecule has 0 aliphatic carbocycles. The van der Waals surface area contributed by atoms with Gasteiger partial charge in [0.05, 0.1) is 7.11 Å². The number of aromatic nitrogens is 2. The maximum Gasteiger partial charge on any atom is 0.318 e. The standard InChI is InChI=1S/C14H23N5O/c1-11-9-13(17-14(16-11)20-2)19-7-5-18(6-8-19)12-3-4-15-10-12/h9,12,15H,3-8,10H2,1-2H3. The van der Waals surface area contributed by atoms with Crippen molar-refractivity contribution in [2.24, 2.45) is 0 Å². The van der Waals surface area contributed by atoms with E-state index in [0.29, 0.717) is 6.01 Å². The Bertz CT molecular complexity index is 453. The number of anilines is 1. The molecule has 3 heterocycles. The van der Waals surface area contributed by atoms with Crippen LogP contribution in [-0.2, 0) is 0 Å². The highest BCUT2D eigenvalue weighted by atomic mass is 16.5. The molecule has 2 fully saturated rings. The van der Waals surface area contributed by atoms with Crippen LogP contribution in [0.15, 0.2) is 6.07 Å². The Labute approximate surface area is 120 Å². The maximum atomic E-state index is 5.16. The average Bonchev–Trinajstić information content (AvgIpc) is 3.01. The lowest BCUT2D eigenvalue weighted by Crippen LogP contribution is -2.51. The van der Waals surface area contributed by atoms with Crippen molar-refractivity contribution >= 4 is 5.82 Å². The molecule has 20 heavy (non-hydrogen) atoms. The molecule has 0 bridgehead atoms. The van der Waals surface area contributed by atoms with Crippen LogP contribution in [0.25, 0.3) is 0 Å². The summed E-state index contributed by atoms with van der Waals surface area (Å²) in [6, 6.07) is 3.22. The number of hydrogen-bond acceptors (Lipinski definition) is 6. The summed E-state index contributed by atoms with van der Waals surface area (Å²) < 4.78 is 5.16.